The van der Waals surface area contributed by atoms with Crippen molar-refractivity contribution in [1.29, 1.82) is 0 Å². The van der Waals surface area contributed by atoms with Gasteiger partial charge in [0.15, 0.2) is 0 Å². The molecule has 1 aliphatic rings. The highest BCUT2D eigenvalue weighted by Gasteiger charge is 2.26. The Labute approximate surface area is 166 Å². The maximum Gasteiger partial charge on any atom is 0.410 e. The van der Waals surface area contributed by atoms with Gasteiger partial charge in [-0.2, -0.15) is 0 Å². The van der Waals surface area contributed by atoms with Crippen molar-refractivity contribution in [2.75, 3.05) is 31.1 Å². The van der Waals surface area contributed by atoms with Gasteiger partial charge in [-0.05, 0) is 44.9 Å². The molecule has 0 spiro atoms. The van der Waals surface area contributed by atoms with Gasteiger partial charge in [0, 0.05) is 37.9 Å². The van der Waals surface area contributed by atoms with Crippen LogP contribution >= 0.6 is 0 Å². The van der Waals surface area contributed by atoms with Crippen LogP contribution in [0.4, 0.5) is 10.6 Å². The number of aromatic nitrogens is 1. The second-order valence-corrected chi connectivity index (χ2v) is 8.17. The lowest BCUT2D eigenvalue weighted by atomic mass is 9.99. The van der Waals surface area contributed by atoms with E-state index in [1.807, 2.05) is 64.1 Å². The van der Waals surface area contributed by atoms with E-state index in [2.05, 4.69) is 9.88 Å². The molecule has 28 heavy (non-hydrogen) atoms. The summed E-state index contributed by atoms with van der Waals surface area (Å²) in [7, 11) is 0. The molecule has 6 nitrogen and oxygen atoms in total. The number of carbonyl (C=O) groups excluding carboxylic acids is 1. The number of hydrogen-bond donors (Lipinski definition) is 1. The summed E-state index contributed by atoms with van der Waals surface area (Å²) >= 11 is 0. The molecule has 1 aliphatic heterocycles. The maximum atomic E-state index is 12.2. The van der Waals surface area contributed by atoms with Gasteiger partial charge >= 0.3 is 6.09 Å². The second kappa shape index (κ2) is 8.19. The second-order valence-electron chi connectivity index (χ2n) is 8.17. The number of anilines is 1. The Morgan fingerprint density at radius 2 is 1.79 bits per heavy atom. The van der Waals surface area contributed by atoms with Crippen molar-refractivity contribution in [3.8, 4) is 0 Å². The number of rotatable bonds is 3. The number of nitrogens with zero attached hydrogens (tertiary/aromatic N) is 3. The predicted octanol–water partition coefficient (Wildman–Crippen LogP) is 3.53. The van der Waals surface area contributed by atoms with E-state index in [9.17, 15) is 9.90 Å². The summed E-state index contributed by atoms with van der Waals surface area (Å²) < 4.78 is 5.45. The Bertz CT molecular complexity index is 810. The highest BCUT2D eigenvalue weighted by molar-refractivity contribution is 5.68. The first-order chi connectivity index (χ1) is 13.2. The third-order valence-corrected chi connectivity index (χ3v) is 4.80. The molecule has 2 heterocycles. The summed E-state index contributed by atoms with van der Waals surface area (Å²) in [4.78, 5) is 20.7. The molecule has 0 bridgehead atoms. The number of aryl methyl sites for hydroxylation is 1. The first kappa shape index (κ1) is 20.1. The van der Waals surface area contributed by atoms with Gasteiger partial charge in [0.2, 0.25) is 0 Å². The zero-order valence-corrected chi connectivity index (χ0v) is 17.1. The lowest BCUT2D eigenvalue weighted by Gasteiger charge is -2.36. The van der Waals surface area contributed by atoms with Gasteiger partial charge in [0.05, 0.1) is 0 Å². The summed E-state index contributed by atoms with van der Waals surface area (Å²) in [6.07, 6.45) is 0.798. The van der Waals surface area contributed by atoms with Crippen molar-refractivity contribution in [3.05, 3.63) is 59.3 Å². The highest BCUT2D eigenvalue weighted by Crippen LogP contribution is 2.26. The molecule has 1 aromatic heterocycles. The number of hydrogen-bond acceptors (Lipinski definition) is 5. The Morgan fingerprint density at radius 1 is 1.14 bits per heavy atom. The molecule has 1 aromatic carbocycles. The number of pyridine rings is 1. The van der Waals surface area contributed by atoms with Crippen LogP contribution in [0.25, 0.3) is 0 Å². The van der Waals surface area contributed by atoms with E-state index in [0.717, 1.165) is 22.5 Å². The van der Waals surface area contributed by atoms with Crippen molar-refractivity contribution >= 4 is 11.9 Å². The molecule has 1 amide bonds. The molecule has 150 valence electrons. The average Bonchev–Trinajstić information content (AvgIpc) is 2.67. The molecule has 1 fully saturated rings. The van der Waals surface area contributed by atoms with Crippen LogP contribution in [-0.4, -0.2) is 52.9 Å². The Hall–Kier alpha value is -2.60. The monoisotopic (exact) mass is 383 g/mol. The van der Waals surface area contributed by atoms with Gasteiger partial charge in [0.1, 0.15) is 17.5 Å². The van der Waals surface area contributed by atoms with Crippen molar-refractivity contribution in [1.82, 2.24) is 9.88 Å². The van der Waals surface area contributed by atoms with Crippen LogP contribution in [0.15, 0.2) is 42.6 Å². The number of ether oxygens (including phenoxy) is 1. The van der Waals surface area contributed by atoms with Crippen LogP contribution in [0.5, 0.6) is 0 Å². The largest absolute Gasteiger partial charge is 0.444 e. The van der Waals surface area contributed by atoms with Crippen LogP contribution in [0.3, 0.4) is 0 Å². The van der Waals surface area contributed by atoms with Crippen LogP contribution in [0, 0.1) is 6.92 Å². The third-order valence-electron chi connectivity index (χ3n) is 4.80. The van der Waals surface area contributed by atoms with E-state index in [1.165, 1.54) is 0 Å². The molecule has 6 heteroatoms. The Morgan fingerprint density at radius 3 is 2.36 bits per heavy atom. The maximum absolute atomic E-state index is 12.2. The summed E-state index contributed by atoms with van der Waals surface area (Å²) in [5.74, 6) is 0.866. The lowest BCUT2D eigenvalue weighted by Crippen LogP contribution is -2.50. The number of aliphatic hydroxyl groups excluding tert-OH is 1. The quantitative estimate of drug-likeness (QED) is 0.878. The molecule has 1 unspecified atom stereocenters. The fraction of sp³-hybridized carbons (Fsp3) is 0.455. The average molecular weight is 383 g/mol. The topological polar surface area (TPSA) is 65.9 Å². The smallest absolute Gasteiger partial charge is 0.410 e. The van der Waals surface area contributed by atoms with E-state index >= 15 is 0 Å². The van der Waals surface area contributed by atoms with Crippen molar-refractivity contribution in [3.63, 3.8) is 0 Å². The Kier molecular flexibility index (Phi) is 5.89. The fourth-order valence-corrected chi connectivity index (χ4v) is 3.27. The normalized spacial score (nSPS) is 16.0. The lowest BCUT2D eigenvalue weighted by molar-refractivity contribution is 0.0240. The zero-order chi connectivity index (χ0) is 20.3. The third kappa shape index (κ3) is 4.81. The van der Waals surface area contributed by atoms with Crippen LogP contribution in [0.2, 0.25) is 0 Å². The molecule has 0 radical (unpaired) electrons. The highest BCUT2D eigenvalue weighted by atomic mass is 16.6. The fourth-order valence-electron chi connectivity index (χ4n) is 3.27. The minimum Gasteiger partial charge on any atom is -0.444 e. The van der Waals surface area contributed by atoms with Crippen LogP contribution < -0.4 is 4.90 Å². The molecule has 2 aromatic rings. The van der Waals surface area contributed by atoms with Crippen molar-refractivity contribution < 1.29 is 14.6 Å². The molecule has 0 saturated carbocycles. The van der Waals surface area contributed by atoms with E-state index in [1.54, 1.807) is 11.1 Å². The summed E-state index contributed by atoms with van der Waals surface area (Å²) in [5.41, 5.74) is 2.17. The Balaban J connectivity index is 1.65. The van der Waals surface area contributed by atoms with E-state index < -0.39 is 11.7 Å². The number of carbonyl (C=O) groups is 1. The number of amides is 1. The minimum absolute atomic E-state index is 0.266. The summed E-state index contributed by atoms with van der Waals surface area (Å²) in [6, 6.07) is 11.6. The van der Waals surface area contributed by atoms with E-state index in [4.69, 9.17) is 4.74 Å². The van der Waals surface area contributed by atoms with Gasteiger partial charge < -0.3 is 19.6 Å². The molecule has 1 saturated heterocycles. The zero-order valence-electron chi connectivity index (χ0n) is 17.1. The molecule has 1 atom stereocenters. The SMILES string of the molecule is Cc1cc(N2CCN(C(=O)OC(C)(C)C)CC2)ncc1C(O)c1ccccc1. The summed E-state index contributed by atoms with van der Waals surface area (Å²) in [5, 5.41) is 10.7. The van der Waals surface area contributed by atoms with Crippen LogP contribution in [-0.2, 0) is 4.74 Å². The van der Waals surface area contributed by atoms with Crippen molar-refractivity contribution in [2.24, 2.45) is 0 Å². The van der Waals surface area contributed by atoms with Gasteiger partial charge in [-0.25, -0.2) is 9.78 Å². The van der Waals surface area contributed by atoms with Gasteiger partial charge in [-0.3, -0.25) is 0 Å². The van der Waals surface area contributed by atoms with Gasteiger partial charge in [0.25, 0.3) is 0 Å². The molecule has 3 rings (SSSR count). The predicted molar refractivity (Wildman–Crippen MR) is 109 cm³/mol. The number of piperazine rings is 1. The molecular formula is C22H29N3O3. The van der Waals surface area contributed by atoms with Gasteiger partial charge in [-0.15, -0.1) is 0 Å². The van der Waals surface area contributed by atoms with Crippen molar-refractivity contribution in [2.45, 2.75) is 39.4 Å². The molecule has 0 aliphatic carbocycles. The van der Waals surface area contributed by atoms with Gasteiger partial charge in [-0.1, -0.05) is 30.3 Å². The minimum atomic E-state index is -0.688. The van der Waals surface area contributed by atoms with E-state index in [0.29, 0.717) is 26.2 Å². The van der Waals surface area contributed by atoms with Crippen LogP contribution in [0.1, 0.15) is 43.6 Å². The first-order valence-electron chi connectivity index (χ1n) is 9.67. The number of aliphatic hydroxyl groups is 1. The molecule has 1 N–H and O–H groups in total. The first-order valence-corrected chi connectivity index (χ1v) is 9.67. The standard InChI is InChI=1S/C22H29N3O3/c1-16-14-19(23-15-18(16)20(26)17-8-6-5-7-9-17)24-10-12-25(13-11-24)21(27)28-22(2,3)4/h5-9,14-15,20,26H,10-13H2,1-4H3. The van der Waals surface area contributed by atoms with E-state index in [-0.39, 0.29) is 6.09 Å². The summed E-state index contributed by atoms with van der Waals surface area (Å²) in [6.45, 7) is 10.2. The molecular weight excluding hydrogens is 354 g/mol. The number of benzene rings is 1.